The number of fused-ring (bicyclic) bond motifs is 2. The Morgan fingerprint density at radius 2 is 1.02 bits per heavy atom. The lowest BCUT2D eigenvalue weighted by atomic mass is 10.1. The molecule has 0 unspecified atom stereocenters. The van der Waals surface area contributed by atoms with Gasteiger partial charge in [0.05, 0.1) is 59.5 Å². The smallest absolute Gasteiger partial charge is 0.338 e. The van der Waals surface area contributed by atoms with E-state index < -0.39 is 0 Å². The molecule has 5 heterocycles. The van der Waals surface area contributed by atoms with Crippen LogP contribution >= 0.6 is 0 Å². The first-order valence-electron chi connectivity index (χ1n) is 14.8. The minimum atomic E-state index is -0.355. The first-order valence-corrected chi connectivity index (χ1v) is 14.8. The van der Waals surface area contributed by atoms with E-state index in [0.717, 1.165) is 21.9 Å². The van der Waals surface area contributed by atoms with E-state index in [1.165, 1.54) is 0 Å². The summed E-state index contributed by atoms with van der Waals surface area (Å²) in [7, 11) is 0. The minimum absolute atomic E-state index is 0.325. The van der Waals surface area contributed by atoms with Gasteiger partial charge in [0.1, 0.15) is 11.5 Å². The van der Waals surface area contributed by atoms with E-state index in [1.807, 2.05) is 66.7 Å². The fourth-order valence-electron chi connectivity index (χ4n) is 5.15. The van der Waals surface area contributed by atoms with Gasteiger partial charge in [0.15, 0.2) is 11.2 Å². The molecule has 0 aliphatic carbocycles. The molecule has 0 fully saturated rings. The number of carbonyl (C=O) groups excluding carboxylic acids is 2. The number of hydrogen-bond acceptors (Lipinski definition) is 9. The number of aromatic nitrogens is 3. The Morgan fingerprint density at radius 1 is 0.587 bits per heavy atom. The van der Waals surface area contributed by atoms with Crippen LogP contribution in [0.3, 0.4) is 0 Å². The van der Waals surface area contributed by atoms with Gasteiger partial charge in [-0.05, 0) is 74.5 Å². The largest absolute Gasteiger partial charge is 0.462 e. The van der Waals surface area contributed by atoms with Crippen LogP contribution in [0.15, 0.2) is 112 Å². The van der Waals surface area contributed by atoms with Crippen molar-refractivity contribution in [1.29, 1.82) is 0 Å². The maximum atomic E-state index is 12.0. The highest BCUT2D eigenvalue weighted by atomic mass is 16.5. The van der Waals surface area contributed by atoms with Gasteiger partial charge in [-0.3, -0.25) is 9.97 Å². The van der Waals surface area contributed by atoms with Crippen LogP contribution in [0, 0.1) is 0 Å². The third-order valence-corrected chi connectivity index (χ3v) is 7.44. The maximum Gasteiger partial charge on any atom is 0.338 e. The van der Waals surface area contributed by atoms with E-state index in [9.17, 15) is 9.59 Å². The number of esters is 2. The van der Waals surface area contributed by atoms with Crippen LogP contribution in [-0.4, -0.2) is 40.1 Å². The molecule has 5 aromatic heterocycles. The van der Waals surface area contributed by atoms with Crippen molar-refractivity contribution >= 4 is 33.9 Å². The van der Waals surface area contributed by atoms with Gasteiger partial charge in [-0.2, -0.15) is 0 Å². The molecule has 0 saturated heterocycles. The van der Waals surface area contributed by atoms with E-state index in [0.29, 0.717) is 69.8 Å². The SMILES string of the molecule is CCOC(=O)c1ccc(-c2cc3cc(-c4cccc(-c5cc6cc(-c7ccc(C(=O)OCC)cc7)oc6cn5)n4)ncc3o2)cc1. The van der Waals surface area contributed by atoms with Gasteiger partial charge < -0.3 is 18.3 Å². The highest BCUT2D eigenvalue weighted by Gasteiger charge is 2.14. The van der Waals surface area contributed by atoms with Gasteiger partial charge in [0.2, 0.25) is 0 Å². The third-order valence-electron chi connectivity index (χ3n) is 7.44. The van der Waals surface area contributed by atoms with E-state index in [1.54, 1.807) is 50.5 Å². The summed E-state index contributed by atoms with van der Waals surface area (Å²) in [6, 6.07) is 27.7. The Kier molecular flexibility index (Phi) is 7.56. The van der Waals surface area contributed by atoms with Crippen LogP contribution in [0.4, 0.5) is 0 Å². The lowest BCUT2D eigenvalue weighted by Gasteiger charge is -2.04. The van der Waals surface area contributed by atoms with Crippen LogP contribution < -0.4 is 0 Å². The Hall–Kier alpha value is -6.09. The molecule has 0 saturated carbocycles. The molecule has 0 atom stereocenters. The molecular weight excluding hydrogens is 582 g/mol. The lowest BCUT2D eigenvalue weighted by molar-refractivity contribution is 0.0517. The number of hydrogen-bond donors (Lipinski definition) is 0. The normalized spacial score (nSPS) is 11.2. The second-order valence-corrected chi connectivity index (χ2v) is 10.4. The quantitative estimate of drug-likeness (QED) is 0.157. The van der Waals surface area contributed by atoms with Crippen LogP contribution in [-0.2, 0) is 9.47 Å². The van der Waals surface area contributed by atoms with Crippen molar-refractivity contribution in [1.82, 2.24) is 15.0 Å². The molecule has 0 N–H and O–H groups in total. The number of pyridine rings is 3. The van der Waals surface area contributed by atoms with Crippen molar-refractivity contribution in [2.45, 2.75) is 13.8 Å². The number of furan rings is 2. The summed E-state index contributed by atoms with van der Waals surface area (Å²) in [6.45, 7) is 4.20. The van der Waals surface area contributed by atoms with Crippen molar-refractivity contribution in [2.24, 2.45) is 0 Å². The first kappa shape index (κ1) is 28.7. The summed E-state index contributed by atoms with van der Waals surface area (Å²) in [5, 5.41) is 1.75. The first-order chi connectivity index (χ1) is 22.5. The molecule has 0 spiro atoms. The predicted octanol–water partition coefficient (Wildman–Crippen LogP) is 8.39. The number of ether oxygens (including phenoxy) is 2. The maximum absolute atomic E-state index is 12.0. The second-order valence-electron chi connectivity index (χ2n) is 10.4. The van der Waals surface area contributed by atoms with Crippen molar-refractivity contribution in [3.63, 3.8) is 0 Å². The zero-order valence-electron chi connectivity index (χ0n) is 25.0. The lowest BCUT2D eigenvalue weighted by Crippen LogP contribution is -2.03. The molecule has 2 aromatic carbocycles. The van der Waals surface area contributed by atoms with Crippen molar-refractivity contribution < 1.29 is 27.9 Å². The van der Waals surface area contributed by atoms with Gasteiger partial charge >= 0.3 is 11.9 Å². The average Bonchev–Trinajstić information content (AvgIpc) is 3.73. The molecule has 9 heteroatoms. The molecule has 7 rings (SSSR count). The molecule has 7 aromatic rings. The highest BCUT2D eigenvalue weighted by molar-refractivity contribution is 5.92. The molecule has 9 nitrogen and oxygen atoms in total. The monoisotopic (exact) mass is 609 g/mol. The van der Waals surface area contributed by atoms with Crippen LogP contribution in [0.2, 0.25) is 0 Å². The van der Waals surface area contributed by atoms with Gasteiger partial charge in [0, 0.05) is 21.9 Å². The molecule has 0 amide bonds. The predicted molar refractivity (Wildman–Crippen MR) is 173 cm³/mol. The summed E-state index contributed by atoms with van der Waals surface area (Å²) in [4.78, 5) is 38.1. The van der Waals surface area contributed by atoms with Gasteiger partial charge in [-0.15, -0.1) is 0 Å². The van der Waals surface area contributed by atoms with Crippen LogP contribution in [0.1, 0.15) is 34.6 Å². The molecular formula is C37H27N3O6. The Morgan fingerprint density at radius 3 is 1.43 bits per heavy atom. The molecule has 46 heavy (non-hydrogen) atoms. The molecule has 226 valence electrons. The number of carbonyl (C=O) groups is 2. The Balaban J connectivity index is 1.13. The van der Waals surface area contributed by atoms with Gasteiger partial charge in [0.25, 0.3) is 0 Å². The van der Waals surface area contributed by atoms with E-state index in [2.05, 4.69) is 9.97 Å². The zero-order chi connectivity index (χ0) is 31.6. The van der Waals surface area contributed by atoms with Crippen LogP contribution in [0.25, 0.3) is 67.4 Å². The topological polar surface area (TPSA) is 118 Å². The summed E-state index contributed by atoms with van der Waals surface area (Å²) in [5.41, 5.74) is 6.70. The van der Waals surface area contributed by atoms with Crippen molar-refractivity contribution in [2.75, 3.05) is 13.2 Å². The molecule has 0 aliphatic rings. The summed E-state index contributed by atoms with van der Waals surface area (Å²) < 4.78 is 22.2. The second kappa shape index (κ2) is 12.1. The molecule has 0 radical (unpaired) electrons. The fraction of sp³-hybridized carbons (Fsp3) is 0.108. The third kappa shape index (κ3) is 5.61. The minimum Gasteiger partial charge on any atom is -0.462 e. The highest BCUT2D eigenvalue weighted by Crippen LogP contribution is 2.32. The number of rotatable bonds is 8. The van der Waals surface area contributed by atoms with Gasteiger partial charge in [-0.25, -0.2) is 14.6 Å². The van der Waals surface area contributed by atoms with E-state index in [4.69, 9.17) is 23.3 Å². The summed E-state index contributed by atoms with van der Waals surface area (Å²) in [5.74, 6) is 0.619. The Labute approximate surface area is 263 Å². The standard InChI is InChI=1S/C37H27N3O6/c1-3-43-36(41)24-12-8-22(9-13-24)32-18-26-16-30(38-20-34(26)45-32)28-6-5-7-29(40-28)31-17-27-19-33(46-35(27)21-39-31)23-10-14-25(15-11-23)37(42)44-4-2/h5-21H,3-4H2,1-2H3. The average molecular weight is 610 g/mol. The van der Waals surface area contributed by atoms with Crippen molar-refractivity contribution in [3.8, 4) is 45.4 Å². The Bertz CT molecular complexity index is 2060. The molecule has 0 aliphatic heterocycles. The van der Waals surface area contributed by atoms with E-state index >= 15 is 0 Å². The fourth-order valence-corrected chi connectivity index (χ4v) is 5.15. The van der Waals surface area contributed by atoms with Crippen LogP contribution in [0.5, 0.6) is 0 Å². The number of nitrogens with zero attached hydrogens (tertiary/aromatic N) is 3. The summed E-state index contributed by atoms with van der Waals surface area (Å²) in [6.07, 6.45) is 3.37. The number of benzene rings is 2. The zero-order valence-corrected chi connectivity index (χ0v) is 25.0. The van der Waals surface area contributed by atoms with Gasteiger partial charge in [-0.1, -0.05) is 30.3 Å². The summed E-state index contributed by atoms with van der Waals surface area (Å²) >= 11 is 0. The molecule has 0 bridgehead atoms. The van der Waals surface area contributed by atoms with Crippen molar-refractivity contribution in [3.05, 3.63) is 115 Å². The van der Waals surface area contributed by atoms with E-state index in [-0.39, 0.29) is 11.9 Å².